The lowest BCUT2D eigenvalue weighted by atomic mass is 10.2. The smallest absolute Gasteiger partial charge is 0.351 e. The van der Waals surface area contributed by atoms with E-state index in [-0.39, 0.29) is 6.61 Å². The van der Waals surface area contributed by atoms with E-state index >= 15 is 0 Å². The van der Waals surface area contributed by atoms with E-state index in [1.54, 1.807) is 24.3 Å². The number of carbonyl (C=O) groups is 3. The van der Waals surface area contributed by atoms with E-state index in [2.05, 4.69) is 5.32 Å². The summed E-state index contributed by atoms with van der Waals surface area (Å²) in [6, 6.07) is 6.22. The molecule has 1 aromatic rings. The van der Waals surface area contributed by atoms with Crippen LogP contribution in [0.25, 0.3) is 0 Å². The van der Waals surface area contributed by atoms with Crippen molar-refractivity contribution >= 4 is 17.9 Å². The Hall–Kier alpha value is -2.77. The number of imide groups is 1. The number of benzene rings is 1. The van der Waals surface area contributed by atoms with Crippen molar-refractivity contribution in [2.75, 3.05) is 20.3 Å². The molecule has 1 heterocycles. The maximum Gasteiger partial charge on any atom is 0.351 e. The summed E-state index contributed by atoms with van der Waals surface area (Å²) in [6.45, 7) is -0.583. The van der Waals surface area contributed by atoms with Gasteiger partial charge in [-0.2, -0.15) is 0 Å². The lowest BCUT2D eigenvalue weighted by molar-refractivity contribution is -0.157. The number of hydrogen-bond donors (Lipinski definition) is 2. The van der Waals surface area contributed by atoms with E-state index in [9.17, 15) is 14.4 Å². The quantitative estimate of drug-likeness (QED) is 0.750. The molecule has 1 atom stereocenters. The monoisotopic (exact) mass is 294 g/mol. The minimum atomic E-state index is -0.951. The van der Waals surface area contributed by atoms with Crippen molar-refractivity contribution in [3.63, 3.8) is 0 Å². The van der Waals surface area contributed by atoms with Gasteiger partial charge in [0.1, 0.15) is 6.61 Å². The molecule has 0 aromatic heterocycles. The predicted molar refractivity (Wildman–Crippen MR) is 69.9 cm³/mol. The third-order valence-electron chi connectivity index (χ3n) is 2.60. The van der Waals surface area contributed by atoms with Crippen LogP contribution in [0.1, 0.15) is 0 Å². The van der Waals surface area contributed by atoms with Crippen LogP contribution >= 0.6 is 0 Å². The molecule has 0 unspecified atom stereocenters. The Morgan fingerprint density at radius 3 is 2.71 bits per heavy atom. The molecular formula is C13H14N2O6. The fourth-order valence-electron chi connectivity index (χ4n) is 1.59. The van der Waals surface area contributed by atoms with Crippen LogP contribution in [0.15, 0.2) is 24.3 Å². The Kier molecular flexibility index (Phi) is 4.60. The van der Waals surface area contributed by atoms with Crippen molar-refractivity contribution in [3.05, 3.63) is 24.3 Å². The lowest BCUT2D eigenvalue weighted by Gasteiger charge is -2.24. The standard InChI is InChI=1S/C13H14N2O6/c1-14-13(18)15-11(16)7-20-12(17)10-6-19-8-4-2-3-5-9(8)21-10/h2-5,10H,6-7H2,1H3,(H2,14,15,16,18)/t10-/m0/s1. The highest BCUT2D eigenvalue weighted by molar-refractivity contribution is 5.95. The number of ether oxygens (including phenoxy) is 3. The minimum Gasteiger partial charge on any atom is -0.485 e. The number of hydrogen-bond acceptors (Lipinski definition) is 6. The van der Waals surface area contributed by atoms with Gasteiger partial charge in [0.25, 0.3) is 5.91 Å². The molecule has 112 valence electrons. The van der Waals surface area contributed by atoms with Crippen molar-refractivity contribution in [3.8, 4) is 11.5 Å². The van der Waals surface area contributed by atoms with Gasteiger partial charge < -0.3 is 19.5 Å². The molecule has 0 aliphatic carbocycles. The van der Waals surface area contributed by atoms with Gasteiger partial charge >= 0.3 is 12.0 Å². The van der Waals surface area contributed by atoms with Gasteiger partial charge in [-0.15, -0.1) is 0 Å². The summed E-state index contributed by atoms with van der Waals surface area (Å²) in [4.78, 5) is 33.9. The molecule has 8 nitrogen and oxygen atoms in total. The molecule has 3 amide bonds. The van der Waals surface area contributed by atoms with Crippen molar-refractivity contribution in [1.29, 1.82) is 0 Å². The van der Waals surface area contributed by atoms with Crippen molar-refractivity contribution in [2.24, 2.45) is 0 Å². The SMILES string of the molecule is CNC(=O)NC(=O)COC(=O)[C@@H]1COc2ccccc2O1. The van der Waals surface area contributed by atoms with Crippen LogP contribution in [0.3, 0.4) is 0 Å². The molecule has 8 heteroatoms. The van der Waals surface area contributed by atoms with Gasteiger partial charge in [0, 0.05) is 7.05 Å². The third kappa shape index (κ3) is 3.85. The molecule has 0 saturated heterocycles. The van der Waals surface area contributed by atoms with Gasteiger partial charge in [-0.05, 0) is 12.1 Å². The maximum absolute atomic E-state index is 11.8. The van der Waals surface area contributed by atoms with E-state index in [4.69, 9.17) is 14.2 Å². The summed E-state index contributed by atoms with van der Waals surface area (Å²) >= 11 is 0. The van der Waals surface area contributed by atoms with Gasteiger partial charge in [-0.25, -0.2) is 9.59 Å². The first-order chi connectivity index (χ1) is 10.1. The summed E-state index contributed by atoms with van der Waals surface area (Å²) in [5, 5.41) is 4.17. The molecule has 1 aliphatic rings. The first-order valence-corrected chi connectivity index (χ1v) is 6.17. The van der Waals surface area contributed by atoms with E-state index in [0.29, 0.717) is 11.5 Å². The number of para-hydroxylation sites is 2. The summed E-state index contributed by atoms with van der Waals surface area (Å²) in [6.07, 6.45) is -0.951. The first kappa shape index (κ1) is 14.6. The second kappa shape index (κ2) is 6.60. The van der Waals surface area contributed by atoms with E-state index in [1.165, 1.54) is 7.05 Å². The third-order valence-corrected chi connectivity index (χ3v) is 2.60. The number of fused-ring (bicyclic) bond motifs is 1. The molecule has 1 aromatic carbocycles. The van der Waals surface area contributed by atoms with Crippen LogP contribution in [0.4, 0.5) is 4.79 Å². The Balaban J connectivity index is 1.82. The number of urea groups is 1. The van der Waals surface area contributed by atoms with Crippen molar-refractivity contribution in [2.45, 2.75) is 6.10 Å². The number of esters is 1. The van der Waals surface area contributed by atoms with Crippen LogP contribution in [0.2, 0.25) is 0 Å². The number of carbonyl (C=O) groups excluding carboxylic acids is 3. The first-order valence-electron chi connectivity index (χ1n) is 6.17. The highest BCUT2D eigenvalue weighted by atomic mass is 16.6. The van der Waals surface area contributed by atoms with Crippen LogP contribution in [0, 0.1) is 0 Å². The maximum atomic E-state index is 11.8. The van der Waals surface area contributed by atoms with Gasteiger partial charge in [0.15, 0.2) is 18.1 Å². The topological polar surface area (TPSA) is 103 Å². The molecule has 2 N–H and O–H groups in total. The normalized spacial score (nSPS) is 15.8. The molecular weight excluding hydrogens is 280 g/mol. The fourth-order valence-corrected chi connectivity index (χ4v) is 1.59. The number of nitrogens with one attached hydrogen (secondary N) is 2. The van der Waals surface area contributed by atoms with E-state index < -0.39 is 30.6 Å². The Morgan fingerprint density at radius 1 is 1.29 bits per heavy atom. The van der Waals surface area contributed by atoms with Crippen LogP contribution in [-0.4, -0.2) is 44.3 Å². The van der Waals surface area contributed by atoms with Crippen LogP contribution in [0.5, 0.6) is 11.5 Å². The number of amides is 3. The summed E-state index contributed by atoms with van der Waals surface area (Å²) in [5.74, 6) is -0.504. The summed E-state index contributed by atoms with van der Waals surface area (Å²) < 4.78 is 15.5. The Bertz CT molecular complexity index is 559. The van der Waals surface area contributed by atoms with E-state index in [1.807, 2.05) is 5.32 Å². The zero-order valence-electron chi connectivity index (χ0n) is 11.3. The second-order valence-electron chi connectivity index (χ2n) is 4.10. The molecule has 0 fully saturated rings. The molecule has 0 radical (unpaired) electrons. The van der Waals surface area contributed by atoms with Gasteiger partial charge in [0.2, 0.25) is 6.10 Å². The molecule has 2 rings (SSSR count). The van der Waals surface area contributed by atoms with Crippen molar-refractivity contribution in [1.82, 2.24) is 10.6 Å². The Morgan fingerprint density at radius 2 is 2.00 bits per heavy atom. The van der Waals surface area contributed by atoms with Gasteiger partial charge in [-0.1, -0.05) is 12.1 Å². The summed E-state index contributed by atoms with van der Waals surface area (Å²) in [5.41, 5.74) is 0. The fraction of sp³-hybridized carbons (Fsp3) is 0.308. The zero-order valence-corrected chi connectivity index (χ0v) is 11.3. The highest BCUT2D eigenvalue weighted by Gasteiger charge is 2.29. The molecule has 0 bridgehead atoms. The largest absolute Gasteiger partial charge is 0.485 e. The molecule has 21 heavy (non-hydrogen) atoms. The van der Waals surface area contributed by atoms with E-state index in [0.717, 1.165) is 0 Å². The zero-order chi connectivity index (χ0) is 15.2. The molecule has 0 spiro atoms. The highest BCUT2D eigenvalue weighted by Crippen LogP contribution is 2.30. The predicted octanol–water partition coefficient (Wildman–Crippen LogP) is -0.175. The lowest BCUT2D eigenvalue weighted by Crippen LogP contribution is -2.42. The van der Waals surface area contributed by atoms with Crippen LogP contribution in [-0.2, 0) is 14.3 Å². The van der Waals surface area contributed by atoms with Gasteiger partial charge in [-0.3, -0.25) is 10.1 Å². The minimum absolute atomic E-state index is 0.00703. The van der Waals surface area contributed by atoms with Gasteiger partial charge in [0.05, 0.1) is 0 Å². The Labute approximate surface area is 120 Å². The van der Waals surface area contributed by atoms with Crippen molar-refractivity contribution < 1.29 is 28.6 Å². The summed E-state index contributed by atoms with van der Waals surface area (Å²) in [7, 11) is 1.36. The van der Waals surface area contributed by atoms with Crippen LogP contribution < -0.4 is 20.1 Å². The number of rotatable bonds is 3. The average molecular weight is 294 g/mol. The second-order valence-corrected chi connectivity index (χ2v) is 4.10. The average Bonchev–Trinajstić information content (AvgIpc) is 2.51. The molecule has 0 saturated carbocycles. The molecule has 1 aliphatic heterocycles.